The number of piperazine rings is 1. The van der Waals surface area contributed by atoms with Crippen LogP contribution in [0.1, 0.15) is 0 Å². The maximum Gasteiger partial charge on any atom is 0.0606 e. The summed E-state index contributed by atoms with van der Waals surface area (Å²) in [4.78, 5) is 2.53. The molecule has 0 radical (unpaired) electrons. The molecule has 3 rings (SSSR count). The van der Waals surface area contributed by atoms with Crippen LogP contribution in [0.25, 0.3) is 0 Å². The zero-order chi connectivity index (χ0) is 10.3. The zero-order valence-corrected chi connectivity index (χ0v) is 10.6. The molecule has 1 atom stereocenters. The largest absolute Gasteiger partial charge is 0.381 e. The van der Waals surface area contributed by atoms with Gasteiger partial charge in [-0.25, -0.2) is 0 Å². The molecule has 0 saturated carbocycles. The van der Waals surface area contributed by atoms with Gasteiger partial charge in [0.05, 0.1) is 17.4 Å². The number of nitrogens with one attached hydrogen (secondary N) is 2. The Balaban J connectivity index is 1.99. The van der Waals surface area contributed by atoms with Gasteiger partial charge in [-0.15, -0.1) is 0 Å². The molecule has 15 heavy (non-hydrogen) atoms. The van der Waals surface area contributed by atoms with Crippen LogP contribution < -0.4 is 15.5 Å². The minimum Gasteiger partial charge on any atom is -0.381 e. The number of hydrogen-bond acceptors (Lipinski definition) is 3. The number of nitrogens with zero attached hydrogens (tertiary/aromatic N) is 1. The van der Waals surface area contributed by atoms with E-state index in [0.29, 0.717) is 6.04 Å². The van der Waals surface area contributed by atoms with E-state index in [2.05, 4.69) is 56.3 Å². The quantitative estimate of drug-likeness (QED) is 0.711. The summed E-state index contributed by atoms with van der Waals surface area (Å²) in [6.45, 7) is 4.38. The first-order valence-corrected chi connectivity index (χ1v) is 6.43. The van der Waals surface area contributed by atoms with Gasteiger partial charge in [-0.05, 0) is 40.8 Å². The molecule has 0 spiro atoms. The Kier molecular flexibility index (Phi) is 2.48. The van der Waals surface area contributed by atoms with Crippen molar-refractivity contribution in [1.82, 2.24) is 5.32 Å². The van der Waals surface area contributed by atoms with Crippen molar-refractivity contribution < 1.29 is 0 Å². The van der Waals surface area contributed by atoms with Crippen molar-refractivity contribution in [2.75, 3.05) is 36.4 Å². The SMILES string of the molecule is Ic1ccc2c(c1)NCC1CNCCN21. The minimum absolute atomic E-state index is 0.617. The molecule has 0 bridgehead atoms. The predicted molar refractivity (Wildman–Crippen MR) is 71.7 cm³/mol. The van der Waals surface area contributed by atoms with Crippen molar-refractivity contribution in [3.8, 4) is 0 Å². The molecule has 1 fully saturated rings. The third-order valence-electron chi connectivity index (χ3n) is 3.15. The van der Waals surface area contributed by atoms with E-state index >= 15 is 0 Å². The van der Waals surface area contributed by atoms with Crippen LogP contribution in [0.5, 0.6) is 0 Å². The van der Waals surface area contributed by atoms with Gasteiger partial charge in [0.15, 0.2) is 0 Å². The van der Waals surface area contributed by atoms with Crippen molar-refractivity contribution in [3.05, 3.63) is 21.8 Å². The Morgan fingerprint density at radius 1 is 1.33 bits per heavy atom. The van der Waals surface area contributed by atoms with Crippen LogP contribution >= 0.6 is 22.6 Å². The van der Waals surface area contributed by atoms with E-state index in [1.807, 2.05) is 0 Å². The highest BCUT2D eigenvalue weighted by molar-refractivity contribution is 14.1. The van der Waals surface area contributed by atoms with Crippen molar-refractivity contribution in [3.63, 3.8) is 0 Å². The van der Waals surface area contributed by atoms with E-state index in [1.165, 1.54) is 14.9 Å². The lowest BCUT2D eigenvalue weighted by atomic mass is 10.1. The van der Waals surface area contributed by atoms with Gasteiger partial charge in [-0.3, -0.25) is 0 Å². The van der Waals surface area contributed by atoms with E-state index in [0.717, 1.165) is 26.2 Å². The topological polar surface area (TPSA) is 27.3 Å². The van der Waals surface area contributed by atoms with Crippen LogP contribution in [0, 0.1) is 3.57 Å². The summed E-state index contributed by atoms with van der Waals surface area (Å²) in [6, 6.07) is 7.27. The lowest BCUT2D eigenvalue weighted by Crippen LogP contribution is -2.56. The first-order valence-electron chi connectivity index (χ1n) is 5.35. The fourth-order valence-corrected chi connectivity index (χ4v) is 2.88. The maximum atomic E-state index is 3.52. The summed E-state index contributed by atoms with van der Waals surface area (Å²) in [5.74, 6) is 0. The lowest BCUT2D eigenvalue weighted by Gasteiger charge is -2.42. The van der Waals surface area contributed by atoms with Crippen LogP contribution in [0.3, 0.4) is 0 Å². The van der Waals surface area contributed by atoms with Gasteiger partial charge < -0.3 is 15.5 Å². The van der Waals surface area contributed by atoms with E-state index in [4.69, 9.17) is 0 Å². The van der Waals surface area contributed by atoms with Crippen LogP contribution in [0.2, 0.25) is 0 Å². The summed E-state index contributed by atoms with van der Waals surface area (Å²) >= 11 is 2.36. The third kappa shape index (κ3) is 1.69. The standard InChI is InChI=1S/C11H14IN3/c12-8-1-2-11-10(5-8)14-7-9-6-13-3-4-15(9)11/h1-2,5,9,13-14H,3-4,6-7H2. The third-order valence-corrected chi connectivity index (χ3v) is 3.82. The summed E-state index contributed by atoms with van der Waals surface area (Å²) in [7, 11) is 0. The van der Waals surface area contributed by atoms with E-state index < -0.39 is 0 Å². The van der Waals surface area contributed by atoms with E-state index in [9.17, 15) is 0 Å². The molecule has 2 aliphatic heterocycles. The summed E-state index contributed by atoms with van der Waals surface area (Å²) in [5, 5.41) is 6.96. The Morgan fingerprint density at radius 3 is 3.20 bits per heavy atom. The van der Waals surface area contributed by atoms with Crippen molar-refractivity contribution >= 4 is 34.0 Å². The predicted octanol–water partition coefficient (Wildman–Crippen LogP) is 1.49. The van der Waals surface area contributed by atoms with Crippen LogP contribution in [-0.2, 0) is 0 Å². The zero-order valence-electron chi connectivity index (χ0n) is 8.46. The number of anilines is 2. The number of halogens is 1. The van der Waals surface area contributed by atoms with E-state index in [-0.39, 0.29) is 0 Å². The fourth-order valence-electron chi connectivity index (χ4n) is 2.39. The van der Waals surface area contributed by atoms with E-state index in [1.54, 1.807) is 0 Å². The molecular weight excluding hydrogens is 301 g/mol. The molecule has 3 nitrogen and oxygen atoms in total. The molecule has 0 amide bonds. The molecule has 1 aromatic carbocycles. The Hall–Kier alpha value is -0.490. The second-order valence-corrected chi connectivity index (χ2v) is 5.34. The van der Waals surface area contributed by atoms with Gasteiger partial charge >= 0.3 is 0 Å². The van der Waals surface area contributed by atoms with Crippen molar-refractivity contribution in [2.24, 2.45) is 0 Å². The van der Waals surface area contributed by atoms with Crippen molar-refractivity contribution in [1.29, 1.82) is 0 Å². The number of benzene rings is 1. The van der Waals surface area contributed by atoms with Crippen molar-refractivity contribution in [2.45, 2.75) is 6.04 Å². The van der Waals surface area contributed by atoms with Gasteiger partial charge in [0.2, 0.25) is 0 Å². The van der Waals surface area contributed by atoms with Gasteiger partial charge in [0.25, 0.3) is 0 Å². The minimum atomic E-state index is 0.617. The second kappa shape index (κ2) is 3.83. The second-order valence-electron chi connectivity index (χ2n) is 4.09. The van der Waals surface area contributed by atoms with Gasteiger partial charge in [0.1, 0.15) is 0 Å². The molecule has 1 aromatic rings. The Morgan fingerprint density at radius 2 is 2.27 bits per heavy atom. The Labute approximate surface area is 103 Å². The Bertz CT molecular complexity index is 380. The molecule has 4 heteroatoms. The van der Waals surface area contributed by atoms with Gasteiger partial charge in [-0.2, -0.15) is 0 Å². The average molecular weight is 315 g/mol. The normalized spacial score (nSPS) is 24.1. The summed E-state index contributed by atoms with van der Waals surface area (Å²) < 4.78 is 1.30. The molecule has 2 heterocycles. The van der Waals surface area contributed by atoms with Crippen LogP contribution in [0.4, 0.5) is 11.4 Å². The molecule has 0 aliphatic carbocycles. The monoisotopic (exact) mass is 315 g/mol. The highest BCUT2D eigenvalue weighted by Crippen LogP contribution is 2.33. The number of hydrogen-bond donors (Lipinski definition) is 2. The summed E-state index contributed by atoms with van der Waals surface area (Å²) in [5.41, 5.74) is 2.66. The number of fused-ring (bicyclic) bond motifs is 3. The number of rotatable bonds is 0. The molecule has 2 N–H and O–H groups in total. The smallest absolute Gasteiger partial charge is 0.0606 e. The molecule has 0 aromatic heterocycles. The lowest BCUT2D eigenvalue weighted by molar-refractivity contribution is 0.482. The highest BCUT2D eigenvalue weighted by atomic mass is 127. The maximum absolute atomic E-state index is 3.52. The molecule has 2 aliphatic rings. The van der Waals surface area contributed by atoms with Crippen LogP contribution in [-0.4, -0.2) is 32.2 Å². The summed E-state index contributed by atoms with van der Waals surface area (Å²) in [6.07, 6.45) is 0. The fraction of sp³-hybridized carbons (Fsp3) is 0.455. The molecule has 80 valence electrons. The molecule has 1 unspecified atom stereocenters. The molecule has 1 saturated heterocycles. The average Bonchev–Trinajstić information content (AvgIpc) is 2.28. The van der Waals surface area contributed by atoms with Crippen LogP contribution in [0.15, 0.2) is 18.2 Å². The van der Waals surface area contributed by atoms with Gasteiger partial charge in [0, 0.05) is 29.7 Å². The highest BCUT2D eigenvalue weighted by Gasteiger charge is 2.27. The first kappa shape index (κ1) is 9.72. The molecular formula is C11H14IN3. The van der Waals surface area contributed by atoms with Gasteiger partial charge in [-0.1, -0.05) is 0 Å². The first-order chi connectivity index (χ1) is 7.34.